The highest BCUT2D eigenvalue weighted by atomic mass is 19.1. The molecule has 0 aromatic heterocycles. The molecule has 0 radical (unpaired) electrons. The first-order chi connectivity index (χ1) is 5.27. The zero-order chi connectivity index (χ0) is 8.27. The maximum atomic E-state index is 12.5. The molecule has 2 N–H and O–H groups in total. The van der Waals surface area contributed by atoms with Crippen molar-refractivity contribution in [1.82, 2.24) is 0 Å². The van der Waals surface area contributed by atoms with Crippen LogP contribution in [0.25, 0.3) is 0 Å². The van der Waals surface area contributed by atoms with E-state index in [1.165, 1.54) is 18.2 Å². The van der Waals surface area contributed by atoms with Gasteiger partial charge in [-0.15, -0.1) is 0 Å². The van der Waals surface area contributed by atoms with E-state index in [9.17, 15) is 4.39 Å². The van der Waals surface area contributed by atoms with Crippen molar-refractivity contribution in [2.24, 2.45) is 0 Å². The molecule has 0 amide bonds. The normalized spacial score (nSPS) is 9.73. The molecule has 58 valence electrons. The van der Waals surface area contributed by atoms with Crippen molar-refractivity contribution in [3.8, 4) is 0 Å². The number of hydrogen-bond acceptors (Lipinski definition) is 2. The second kappa shape index (κ2) is 3.50. The fourth-order valence-electron chi connectivity index (χ4n) is 0.896. The molecule has 0 unspecified atom stereocenters. The van der Waals surface area contributed by atoms with Crippen molar-refractivity contribution in [3.63, 3.8) is 0 Å². The predicted molar refractivity (Wildman–Crippen MR) is 41.3 cm³/mol. The van der Waals surface area contributed by atoms with Gasteiger partial charge < -0.3 is 10.1 Å². The van der Waals surface area contributed by atoms with Gasteiger partial charge in [0.1, 0.15) is 5.82 Å². The van der Waals surface area contributed by atoms with Gasteiger partial charge >= 0.3 is 7.48 Å². The van der Waals surface area contributed by atoms with Crippen LogP contribution in [0, 0.1) is 5.82 Å². The van der Waals surface area contributed by atoms with E-state index in [1.807, 2.05) is 0 Å². The first-order valence-corrected chi connectivity index (χ1v) is 3.27. The molecule has 0 spiro atoms. The summed E-state index contributed by atoms with van der Waals surface area (Å²) in [5.41, 5.74) is 1.00. The number of benzene rings is 1. The Kier molecular flexibility index (Phi) is 2.62. The van der Waals surface area contributed by atoms with Gasteiger partial charge in [0, 0.05) is 0 Å². The fraction of sp³-hybridized carbons (Fsp3) is 0.143. The third-order valence-corrected chi connectivity index (χ3v) is 1.51. The molecule has 0 aliphatic carbocycles. The van der Waals surface area contributed by atoms with Crippen LogP contribution in [-0.4, -0.2) is 17.6 Å². The van der Waals surface area contributed by atoms with Crippen LogP contribution in [-0.2, 0) is 6.61 Å². The molecule has 1 aromatic carbocycles. The smallest absolute Gasteiger partial charge is 0.305 e. The summed E-state index contributed by atoms with van der Waals surface area (Å²) < 4.78 is 12.5. The summed E-state index contributed by atoms with van der Waals surface area (Å²) in [4.78, 5) is 0. The fourth-order valence-corrected chi connectivity index (χ4v) is 0.896. The lowest BCUT2D eigenvalue weighted by molar-refractivity contribution is 0.282. The third kappa shape index (κ3) is 1.79. The van der Waals surface area contributed by atoms with Crippen molar-refractivity contribution in [2.45, 2.75) is 6.61 Å². The van der Waals surface area contributed by atoms with Crippen molar-refractivity contribution in [3.05, 3.63) is 29.6 Å². The van der Waals surface area contributed by atoms with Gasteiger partial charge in [-0.05, 0) is 23.2 Å². The van der Waals surface area contributed by atoms with E-state index >= 15 is 0 Å². The van der Waals surface area contributed by atoms with Crippen LogP contribution in [0.1, 0.15) is 5.56 Å². The average molecular weight is 154 g/mol. The van der Waals surface area contributed by atoms with Crippen molar-refractivity contribution in [1.29, 1.82) is 0 Å². The highest BCUT2D eigenvalue weighted by Gasteiger charge is 2.02. The quantitative estimate of drug-likeness (QED) is 0.552. The zero-order valence-electron chi connectivity index (χ0n) is 5.92. The number of halogens is 1. The van der Waals surface area contributed by atoms with Crippen LogP contribution in [0.4, 0.5) is 4.39 Å². The van der Waals surface area contributed by atoms with Gasteiger partial charge in [0.05, 0.1) is 6.61 Å². The minimum absolute atomic E-state index is 0.170. The first kappa shape index (κ1) is 8.23. The summed E-state index contributed by atoms with van der Waals surface area (Å²) >= 11 is 0. The summed E-state index contributed by atoms with van der Waals surface area (Å²) in [6.07, 6.45) is 0. The molecule has 0 saturated heterocycles. The van der Waals surface area contributed by atoms with E-state index in [4.69, 9.17) is 10.1 Å². The van der Waals surface area contributed by atoms with E-state index in [1.54, 1.807) is 0 Å². The third-order valence-electron chi connectivity index (χ3n) is 1.51. The Labute approximate surface area is 64.6 Å². The lowest BCUT2D eigenvalue weighted by Gasteiger charge is -2.01. The average Bonchev–Trinajstić information content (AvgIpc) is 2.04. The molecule has 0 fully saturated rings. The molecule has 0 aliphatic heterocycles. The molecular weight excluding hydrogens is 146 g/mol. The van der Waals surface area contributed by atoms with Crippen molar-refractivity contribution >= 4 is 12.9 Å². The van der Waals surface area contributed by atoms with Crippen LogP contribution in [0.2, 0.25) is 0 Å². The topological polar surface area (TPSA) is 40.5 Å². The Hall–Kier alpha value is -0.865. The molecule has 0 bridgehead atoms. The summed E-state index contributed by atoms with van der Waals surface area (Å²) in [5.74, 6) is -0.397. The number of rotatable bonds is 2. The standard InChI is InChI=1S/C7H8BFO2/c9-6-2-1-5(4-10)7(3-6)8-11/h1-3,8,10-11H,4H2. The maximum Gasteiger partial charge on any atom is 0.305 e. The Balaban J connectivity index is 3.06. The van der Waals surface area contributed by atoms with Crippen molar-refractivity contribution in [2.75, 3.05) is 0 Å². The minimum atomic E-state index is -0.397. The lowest BCUT2D eigenvalue weighted by atomic mass is 9.84. The number of aliphatic hydroxyl groups excluding tert-OH is 1. The van der Waals surface area contributed by atoms with E-state index in [2.05, 4.69) is 0 Å². The van der Waals surface area contributed by atoms with Gasteiger partial charge in [0.2, 0.25) is 0 Å². The van der Waals surface area contributed by atoms with Gasteiger partial charge in [0.25, 0.3) is 0 Å². The van der Waals surface area contributed by atoms with Crippen LogP contribution >= 0.6 is 0 Å². The largest absolute Gasteiger partial charge is 0.449 e. The highest BCUT2D eigenvalue weighted by molar-refractivity contribution is 6.46. The van der Waals surface area contributed by atoms with Gasteiger partial charge in [-0.3, -0.25) is 0 Å². The van der Waals surface area contributed by atoms with Crippen LogP contribution in [0.3, 0.4) is 0 Å². The van der Waals surface area contributed by atoms with E-state index in [-0.39, 0.29) is 14.1 Å². The molecule has 4 heteroatoms. The van der Waals surface area contributed by atoms with E-state index in [0.29, 0.717) is 11.0 Å². The summed E-state index contributed by atoms with van der Waals surface area (Å²) in [6, 6.07) is 3.93. The molecule has 0 atom stereocenters. The van der Waals surface area contributed by atoms with Gasteiger partial charge in [-0.2, -0.15) is 0 Å². The molecule has 1 aromatic rings. The molecular formula is C7H8BFO2. The Morgan fingerprint density at radius 2 is 2.18 bits per heavy atom. The molecule has 1 rings (SSSR count). The highest BCUT2D eigenvalue weighted by Crippen LogP contribution is 1.99. The van der Waals surface area contributed by atoms with E-state index < -0.39 is 5.82 Å². The molecule has 0 saturated carbocycles. The van der Waals surface area contributed by atoms with Gasteiger partial charge in [-0.25, -0.2) is 4.39 Å². The minimum Gasteiger partial charge on any atom is -0.449 e. The molecule has 2 nitrogen and oxygen atoms in total. The van der Waals surface area contributed by atoms with Gasteiger partial charge in [0.15, 0.2) is 0 Å². The first-order valence-electron chi connectivity index (χ1n) is 3.27. The van der Waals surface area contributed by atoms with Gasteiger partial charge in [-0.1, -0.05) is 6.07 Å². The predicted octanol–water partition coefficient (Wildman–Crippen LogP) is -0.713. The summed E-state index contributed by atoms with van der Waals surface area (Å²) in [7, 11) is -0.242. The second-order valence-electron chi connectivity index (χ2n) is 2.23. The van der Waals surface area contributed by atoms with Crippen molar-refractivity contribution < 1.29 is 14.5 Å². The second-order valence-corrected chi connectivity index (χ2v) is 2.23. The number of hydrogen-bond donors (Lipinski definition) is 2. The monoisotopic (exact) mass is 154 g/mol. The van der Waals surface area contributed by atoms with Crippen LogP contribution < -0.4 is 5.46 Å². The zero-order valence-corrected chi connectivity index (χ0v) is 5.92. The number of aliphatic hydroxyl groups is 1. The Morgan fingerprint density at radius 3 is 2.73 bits per heavy atom. The lowest BCUT2D eigenvalue weighted by Crippen LogP contribution is -2.19. The molecule has 0 aliphatic rings. The summed E-state index contributed by atoms with van der Waals surface area (Å²) in [5, 5.41) is 17.4. The summed E-state index contributed by atoms with van der Waals surface area (Å²) in [6.45, 7) is -0.170. The Bertz CT molecular complexity index is 252. The maximum absolute atomic E-state index is 12.5. The van der Waals surface area contributed by atoms with Crippen LogP contribution in [0.5, 0.6) is 0 Å². The van der Waals surface area contributed by atoms with Crippen LogP contribution in [0.15, 0.2) is 18.2 Å². The molecule has 11 heavy (non-hydrogen) atoms. The molecule has 0 heterocycles. The Morgan fingerprint density at radius 1 is 1.45 bits per heavy atom. The van der Waals surface area contributed by atoms with E-state index in [0.717, 1.165) is 0 Å². The SMILES string of the molecule is OBc1cc(F)ccc1CO.